The van der Waals surface area contributed by atoms with E-state index < -0.39 is 0 Å². The van der Waals surface area contributed by atoms with Crippen LogP contribution in [0.2, 0.25) is 0 Å². The third-order valence-electron chi connectivity index (χ3n) is 2.09. The van der Waals surface area contributed by atoms with E-state index in [0.717, 1.165) is 0 Å². The van der Waals surface area contributed by atoms with E-state index in [0.29, 0.717) is 28.1 Å². The topological polar surface area (TPSA) is 60.0 Å². The molecular weight excluding hydrogens is 278 g/mol. The average Bonchev–Trinajstić information content (AvgIpc) is 2.28. The molecule has 0 saturated carbocycles. The molecule has 0 aromatic heterocycles. The summed E-state index contributed by atoms with van der Waals surface area (Å²) in [6.45, 7) is 0.350. The van der Waals surface area contributed by atoms with Crippen LogP contribution >= 0.6 is 15.9 Å². The Labute approximate surface area is 102 Å². The second kappa shape index (κ2) is 5.93. The van der Waals surface area contributed by atoms with E-state index in [1.54, 1.807) is 6.07 Å². The van der Waals surface area contributed by atoms with Gasteiger partial charge in [0.25, 0.3) is 0 Å². The van der Waals surface area contributed by atoms with Crippen molar-refractivity contribution in [2.45, 2.75) is 6.54 Å². The van der Waals surface area contributed by atoms with Gasteiger partial charge in [-0.3, -0.25) is 0 Å². The molecule has 5 nitrogen and oxygen atoms in total. The van der Waals surface area contributed by atoms with Gasteiger partial charge in [0.15, 0.2) is 11.5 Å². The lowest BCUT2D eigenvalue weighted by Gasteiger charge is -2.14. The largest absolute Gasteiger partial charge is 0.504 e. The van der Waals surface area contributed by atoms with Gasteiger partial charge in [-0.2, -0.15) is 5.48 Å². The lowest BCUT2D eigenvalue weighted by molar-refractivity contribution is 0.0859. The number of phenols is 1. The maximum atomic E-state index is 9.98. The molecular formula is C10H14BrNO4. The van der Waals surface area contributed by atoms with Gasteiger partial charge in [-0.05, 0) is 6.07 Å². The summed E-state index contributed by atoms with van der Waals surface area (Å²) in [5, 5.41) is 9.98. The fraction of sp³-hybridized carbons (Fsp3) is 0.400. The van der Waals surface area contributed by atoms with E-state index in [1.807, 2.05) is 0 Å². The summed E-state index contributed by atoms with van der Waals surface area (Å²) in [5.41, 5.74) is 3.29. The third-order valence-corrected chi connectivity index (χ3v) is 2.80. The minimum absolute atomic E-state index is 0.0262. The van der Waals surface area contributed by atoms with Gasteiger partial charge >= 0.3 is 0 Å². The van der Waals surface area contributed by atoms with Crippen LogP contribution in [-0.2, 0) is 11.4 Å². The number of phenolic OH excluding ortho intramolecular Hbond substituents is 1. The van der Waals surface area contributed by atoms with Gasteiger partial charge in [0, 0.05) is 10.0 Å². The Morgan fingerprint density at radius 3 is 2.50 bits per heavy atom. The molecule has 90 valence electrons. The molecule has 0 fully saturated rings. The van der Waals surface area contributed by atoms with Crippen molar-refractivity contribution < 1.29 is 19.4 Å². The molecule has 2 N–H and O–H groups in total. The number of halogens is 1. The molecule has 0 aliphatic carbocycles. The average molecular weight is 292 g/mol. The Kier molecular flexibility index (Phi) is 4.85. The SMILES string of the molecule is CONCc1c(Br)cc(OC)c(OC)c1O. The fourth-order valence-electron chi connectivity index (χ4n) is 1.30. The first-order valence-electron chi connectivity index (χ1n) is 4.53. The van der Waals surface area contributed by atoms with Crippen molar-refractivity contribution in [1.82, 2.24) is 5.48 Å². The number of methoxy groups -OCH3 is 2. The van der Waals surface area contributed by atoms with Crippen molar-refractivity contribution >= 4 is 15.9 Å². The van der Waals surface area contributed by atoms with E-state index in [1.165, 1.54) is 21.3 Å². The summed E-state index contributed by atoms with van der Waals surface area (Å²) >= 11 is 3.34. The number of hydrogen-bond acceptors (Lipinski definition) is 5. The lowest BCUT2D eigenvalue weighted by Crippen LogP contribution is -2.11. The number of nitrogens with one attached hydrogen (secondary N) is 1. The maximum Gasteiger partial charge on any atom is 0.203 e. The van der Waals surface area contributed by atoms with E-state index in [-0.39, 0.29) is 5.75 Å². The number of aromatic hydroxyl groups is 1. The quantitative estimate of drug-likeness (QED) is 0.811. The number of benzene rings is 1. The van der Waals surface area contributed by atoms with E-state index in [9.17, 15) is 5.11 Å². The highest BCUT2D eigenvalue weighted by molar-refractivity contribution is 9.10. The van der Waals surface area contributed by atoms with Crippen LogP contribution in [0.1, 0.15) is 5.56 Å². The van der Waals surface area contributed by atoms with Gasteiger partial charge in [0.1, 0.15) is 0 Å². The third kappa shape index (κ3) is 2.58. The smallest absolute Gasteiger partial charge is 0.203 e. The summed E-state index contributed by atoms with van der Waals surface area (Å²) in [6, 6.07) is 1.73. The Balaban J connectivity index is 3.18. The van der Waals surface area contributed by atoms with Crippen LogP contribution in [-0.4, -0.2) is 26.4 Å². The Morgan fingerprint density at radius 2 is 2.00 bits per heavy atom. The van der Waals surface area contributed by atoms with Gasteiger partial charge in [0.2, 0.25) is 5.75 Å². The Hall–Kier alpha value is -0.980. The first-order valence-corrected chi connectivity index (χ1v) is 5.33. The summed E-state index contributed by atoms with van der Waals surface area (Å²) in [6.07, 6.45) is 0. The van der Waals surface area contributed by atoms with Gasteiger partial charge in [0.05, 0.1) is 27.9 Å². The van der Waals surface area contributed by atoms with Crippen LogP contribution in [0.5, 0.6) is 17.2 Å². The first-order chi connectivity index (χ1) is 7.65. The van der Waals surface area contributed by atoms with Crippen LogP contribution in [0.3, 0.4) is 0 Å². The van der Waals surface area contributed by atoms with Gasteiger partial charge in [-0.1, -0.05) is 15.9 Å². The second-order valence-corrected chi connectivity index (χ2v) is 3.80. The van der Waals surface area contributed by atoms with E-state index >= 15 is 0 Å². The predicted molar refractivity (Wildman–Crippen MR) is 62.8 cm³/mol. The molecule has 16 heavy (non-hydrogen) atoms. The molecule has 1 aromatic rings. The summed E-state index contributed by atoms with van der Waals surface area (Å²) < 4.78 is 10.9. The highest BCUT2D eigenvalue weighted by Gasteiger charge is 2.17. The molecule has 1 aromatic carbocycles. The monoisotopic (exact) mass is 291 g/mol. The summed E-state index contributed by atoms with van der Waals surface area (Å²) in [4.78, 5) is 4.73. The molecule has 6 heteroatoms. The molecule has 0 atom stereocenters. The Morgan fingerprint density at radius 1 is 1.31 bits per heavy atom. The first kappa shape index (κ1) is 13.1. The Bertz CT molecular complexity index is 370. The van der Waals surface area contributed by atoms with Crippen LogP contribution in [0, 0.1) is 0 Å². The van der Waals surface area contributed by atoms with Crippen molar-refractivity contribution in [3.63, 3.8) is 0 Å². The number of rotatable bonds is 5. The number of ether oxygens (including phenoxy) is 2. The molecule has 0 aliphatic heterocycles. The standard InChI is InChI=1S/C10H14BrNO4/c1-14-8-4-7(11)6(5-12-16-3)9(13)10(8)15-2/h4,12-13H,5H2,1-3H3. The van der Waals surface area contributed by atoms with Crippen molar-refractivity contribution in [3.05, 3.63) is 16.1 Å². The predicted octanol–water partition coefficient (Wildman–Crippen LogP) is 1.82. The zero-order valence-corrected chi connectivity index (χ0v) is 10.9. The van der Waals surface area contributed by atoms with Crippen LogP contribution in [0.25, 0.3) is 0 Å². The van der Waals surface area contributed by atoms with Crippen LogP contribution < -0.4 is 15.0 Å². The van der Waals surface area contributed by atoms with Crippen molar-refractivity contribution in [1.29, 1.82) is 0 Å². The zero-order chi connectivity index (χ0) is 12.1. The van der Waals surface area contributed by atoms with Crippen LogP contribution in [0.4, 0.5) is 0 Å². The second-order valence-electron chi connectivity index (χ2n) is 2.95. The molecule has 0 unspecified atom stereocenters. The van der Waals surface area contributed by atoms with E-state index in [4.69, 9.17) is 14.3 Å². The molecule has 0 saturated heterocycles. The minimum Gasteiger partial charge on any atom is -0.504 e. The molecule has 0 amide bonds. The van der Waals surface area contributed by atoms with Crippen molar-refractivity contribution in [2.24, 2.45) is 0 Å². The van der Waals surface area contributed by atoms with Crippen molar-refractivity contribution in [2.75, 3.05) is 21.3 Å². The van der Waals surface area contributed by atoms with Gasteiger partial charge < -0.3 is 19.4 Å². The normalized spacial score (nSPS) is 10.2. The molecule has 1 rings (SSSR count). The minimum atomic E-state index is 0.0262. The highest BCUT2D eigenvalue weighted by atomic mass is 79.9. The zero-order valence-electron chi connectivity index (χ0n) is 9.33. The number of hydroxylamine groups is 1. The van der Waals surface area contributed by atoms with E-state index in [2.05, 4.69) is 21.4 Å². The summed E-state index contributed by atoms with van der Waals surface area (Å²) in [7, 11) is 4.49. The molecule has 0 radical (unpaired) electrons. The maximum absolute atomic E-state index is 9.98. The van der Waals surface area contributed by atoms with Gasteiger partial charge in [-0.15, -0.1) is 0 Å². The molecule has 0 aliphatic rings. The molecule has 0 spiro atoms. The van der Waals surface area contributed by atoms with Gasteiger partial charge in [-0.25, -0.2) is 0 Å². The lowest BCUT2D eigenvalue weighted by atomic mass is 10.1. The summed E-state index contributed by atoms with van der Waals surface area (Å²) in [5.74, 6) is 0.796. The highest BCUT2D eigenvalue weighted by Crippen LogP contribution is 2.42. The molecule has 0 heterocycles. The number of hydrogen-bond donors (Lipinski definition) is 2. The fourth-order valence-corrected chi connectivity index (χ4v) is 1.83. The molecule has 0 bridgehead atoms. The van der Waals surface area contributed by atoms with Crippen molar-refractivity contribution in [3.8, 4) is 17.2 Å². The van der Waals surface area contributed by atoms with Crippen LogP contribution in [0.15, 0.2) is 10.5 Å².